The molecule has 0 atom stereocenters. The molecule has 0 aliphatic carbocycles. The number of fused-ring (bicyclic) bond motifs is 1. The number of anilines is 1. The second-order valence-corrected chi connectivity index (χ2v) is 10.2. The maximum atomic E-state index is 13.1. The van der Waals surface area contributed by atoms with Gasteiger partial charge in [-0.2, -0.15) is 4.31 Å². The second-order valence-electron chi connectivity index (χ2n) is 7.04. The van der Waals surface area contributed by atoms with Crippen molar-refractivity contribution in [3.8, 4) is 0 Å². The first-order chi connectivity index (χ1) is 13.8. The number of sulfonamides is 1. The molecule has 1 fully saturated rings. The molecular weight excluding hydrogens is 413 g/mol. The van der Waals surface area contributed by atoms with Gasteiger partial charge < -0.3 is 5.32 Å². The normalized spacial score (nSPS) is 16.2. The van der Waals surface area contributed by atoms with Gasteiger partial charge >= 0.3 is 0 Å². The Balaban J connectivity index is 1.39. The van der Waals surface area contributed by atoms with Gasteiger partial charge in [-0.05, 0) is 62.2 Å². The highest BCUT2D eigenvalue weighted by atomic mass is 32.2. The van der Waals surface area contributed by atoms with Gasteiger partial charge in [0.25, 0.3) is 0 Å². The van der Waals surface area contributed by atoms with Gasteiger partial charge in [-0.25, -0.2) is 17.8 Å². The van der Waals surface area contributed by atoms with Crippen LogP contribution < -0.4 is 5.32 Å². The number of benzene rings is 2. The molecule has 3 aromatic rings. The molecule has 1 amide bonds. The van der Waals surface area contributed by atoms with Crippen LogP contribution in [0.1, 0.15) is 17.8 Å². The van der Waals surface area contributed by atoms with E-state index in [1.165, 1.54) is 16.4 Å². The van der Waals surface area contributed by atoms with Crippen LogP contribution in [0.5, 0.6) is 0 Å². The van der Waals surface area contributed by atoms with Crippen molar-refractivity contribution in [3.05, 3.63) is 53.3 Å². The SMILES string of the molecule is Cc1nc2ccc(NC(=O)C3CCN(S(=O)(=O)c4ccc(F)cc4)CC3)cc2s1. The Hall–Kier alpha value is -2.36. The van der Waals surface area contributed by atoms with Gasteiger partial charge in [0.05, 0.1) is 20.1 Å². The molecule has 9 heteroatoms. The lowest BCUT2D eigenvalue weighted by atomic mass is 9.97. The fraction of sp³-hybridized carbons (Fsp3) is 0.300. The molecule has 2 heterocycles. The predicted octanol–water partition coefficient (Wildman–Crippen LogP) is 3.78. The summed E-state index contributed by atoms with van der Waals surface area (Å²) in [5.41, 5.74) is 1.62. The van der Waals surface area contributed by atoms with E-state index in [9.17, 15) is 17.6 Å². The number of carbonyl (C=O) groups excluding carboxylic acids is 1. The van der Waals surface area contributed by atoms with E-state index < -0.39 is 15.8 Å². The third-order valence-electron chi connectivity index (χ3n) is 5.04. The lowest BCUT2D eigenvalue weighted by Crippen LogP contribution is -2.41. The number of piperidine rings is 1. The molecule has 1 N–H and O–H groups in total. The number of hydrogen-bond donors (Lipinski definition) is 1. The first-order valence-corrected chi connectivity index (χ1v) is 11.5. The highest BCUT2D eigenvalue weighted by Gasteiger charge is 2.32. The lowest BCUT2D eigenvalue weighted by Gasteiger charge is -2.30. The molecule has 152 valence electrons. The fourth-order valence-electron chi connectivity index (χ4n) is 3.48. The van der Waals surface area contributed by atoms with Gasteiger partial charge in [0, 0.05) is 24.7 Å². The zero-order chi connectivity index (χ0) is 20.6. The Labute approximate surface area is 172 Å². The molecule has 0 saturated carbocycles. The second kappa shape index (κ2) is 7.81. The van der Waals surface area contributed by atoms with Crippen LogP contribution >= 0.6 is 11.3 Å². The first-order valence-electron chi connectivity index (χ1n) is 9.27. The molecule has 6 nitrogen and oxygen atoms in total. The van der Waals surface area contributed by atoms with Crippen LogP contribution in [0.4, 0.5) is 10.1 Å². The molecule has 0 radical (unpaired) electrons. The number of aryl methyl sites for hydroxylation is 1. The molecule has 2 aromatic carbocycles. The Morgan fingerprint density at radius 3 is 2.55 bits per heavy atom. The summed E-state index contributed by atoms with van der Waals surface area (Å²) in [6.45, 7) is 2.45. The number of rotatable bonds is 4. The Morgan fingerprint density at radius 2 is 1.86 bits per heavy atom. The average molecular weight is 434 g/mol. The number of nitrogens with zero attached hydrogens (tertiary/aromatic N) is 2. The number of amides is 1. The summed E-state index contributed by atoms with van der Waals surface area (Å²) in [5.74, 6) is -0.844. The molecule has 0 bridgehead atoms. The van der Waals surface area contributed by atoms with Gasteiger partial charge in [-0.1, -0.05) is 0 Å². The zero-order valence-corrected chi connectivity index (χ0v) is 17.4. The van der Waals surface area contributed by atoms with Crippen molar-refractivity contribution in [3.63, 3.8) is 0 Å². The lowest BCUT2D eigenvalue weighted by molar-refractivity contribution is -0.120. The molecule has 1 aliphatic heterocycles. The van der Waals surface area contributed by atoms with Crippen LogP contribution in [0.25, 0.3) is 10.2 Å². The third kappa shape index (κ3) is 4.17. The smallest absolute Gasteiger partial charge is 0.243 e. The van der Waals surface area contributed by atoms with E-state index in [1.54, 1.807) is 11.3 Å². The summed E-state index contributed by atoms with van der Waals surface area (Å²) in [4.78, 5) is 17.1. The number of hydrogen-bond acceptors (Lipinski definition) is 5. The molecule has 0 spiro atoms. The predicted molar refractivity (Wildman–Crippen MR) is 111 cm³/mol. The maximum absolute atomic E-state index is 13.1. The Bertz CT molecular complexity index is 1150. The Morgan fingerprint density at radius 1 is 1.17 bits per heavy atom. The highest BCUT2D eigenvalue weighted by molar-refractivity contribution is 7.89. The monoisotopic (exact) mass is 433 g/mol. The zero-order valence-electron chi connectivity index (χ0n) is 15.8. The summed E-state index contributed by atoms with van der Waals surface area (Å²) in [7, 11) is -3.68. The molecule has 4 rings (SSSR count). The molecule has 1 saturated heterocycles. The van der Waals surface area contributed by atoms with E-state index in [2.05, 4.69) is 10.3 Å². The first kappa shape index (κ1) is 19.9. The van der Waals surface area contributed by atoms with E-state index in [4.69, 9.17) is 0 Å². The molecular formula is C20H20FN3O3S2. The average Bonchev–Trinajstić information content (AvgIpc) is 3.07. The van der Waals surface area contributed by atoms with Crippen molar-refractivity contribution in [2.45, 2.75) is 24.7 Å². The van der Waals surface area contributed by atoms with Crippen molar-refractivity contribution < 1.29 is 17.6 Å². The molecule has 1 aliphatic rings. The number of thiazole rings is 1. The van der Waals surface area contributed by atoms with Gasteiger partial charge in [0.2, 0.25) is 15.9 Å². The molecule has 0 unspecified atom stereocenters. The number of aromatic nitrogens is 1. The van der Waals surface area contributed by atoms with Crippen LogP contribution in [0.2, 0.25) is 0 Å². The largest absolute Gasteiger partial charge is 0.326 e. The van der Waals surface area contributed by atoms with E-state index in [1.807, 2.05) is 25.1 Å². The minimum Gasteiger partial charge on any atom is -0.326 e. The van der Waals surface area contributed by atoms with Gasteiger partial charge in [0.1, 0.15) is 5.82 Å². The summed E-state index contributed by atoms with van der Waals surface area (Å²) in [5, 5.41) is 3.91. The minimum atomic E-state index is -3.68. The van der Waals surface area contributed by atoms with Crippen LogP contribution in [-0.4, -0.2) is 36.7 Å². The standard InChI is InChI=1S/C20H20FN3O3S2/c1-13-22-18-7-4-16(12-19(18)28-13)23-20(25)14-8-10-24(11-9-14)29(26,27)17-5-2-15(21)3-6-17/h2-7,12,14H,8-11H2,1H3,(H,23,25). The quantitative estimate of drug-likeness (QED) is 0.679. The van der Waals surface area contributed by atoms with E-state index in [-0.39, 0.29) is 29.8 Å². The van der Waals surface area contributed by atoms with E-state index in [0.717, 1.165) is 27.4 Å². The Kier molecular flexibility index (Phi) is 5.37. The van der Waals surface area contributed by atoms with Crippen molar-refractivity contribution in [2.75, 3.05) is 18.4 Å². The summed E-state index contributed by atoms with van der Waals surface area (Å²) in [6, 6.07) is 10.4. The van der Waals surface area contributed by atoms with Gasteiger partial charge in [-0.15, -0.1) is 11.3 Å². The van der Waals surface area contributed by atoms with Gasteiger partial charge in [0.15, 0.2) is 0 Å². The summed E-state index contributed by atoms with van der Waals surface area (Å²) >= 11 is 1.57. The third-order valence-corrected chi connectivity index (χ3v) is 7.89. The maximum Gasteiger partial charge on any atom is 0.243 e. The molecule has 29 heavy (non-hydrogen) atoms. The van der Waals surface area contributed by atoms with Crippen LogP contribution in [0, 0.1) is 18.7 Å². The van der Waals surface area contributed by atoms with Crippen LogP contribution in [0.15, 0.2) is 47.4 Å². The van der Waals surface area contributed by atoms with Crippen molar-refractivity contribution in [2.24, 2.45) is 5.92 Å². The fourth-order valence-corrected chi connectivity index (χ4v) is 5.81. The summed E-state index contributed by atoms with van der Waals surface area (Å²) in [6.07, 6.45) is 0.877. The number of nitrogens with one attached hydrogen (secondary N) is 1. The summed E-state index contributed by atoms with van der Waals surface area (Å²) < 4.78 is 40.8. The van der Waals surface area contributed by atoms with E-state index in [0.29, 0.717) is 18.5 Å². The van der Waals surface area contributed by atoms with Crippen LogP contribution in [-0.2, 0) is 14.8 Å². The highest BCUT2D eigenvalue weighted by Crippen LogP contribution is 2.27. The van der Waals surface area contributed by atoms with Gasteiger partial charge in [-0.3, -0.25) is 4.79 Å². The number of halogens is 1. The van der Waals surface area contributed by atoms with Crippen LogP contribution in [0.3, 0.4) is 0 Å². The van der Waals surface area contributed by atoms with Crippen molar-refractivity contribution in [1.29, 1.82) is 0 Å². The minimum absolute atomic E-state index is 0.0648. The number of carbonyl (C=O) groups is 1. The van der Waals surface area contributed by atoms with Crippen molar-refractivity contribution in [1.82, 2.24) is 9.29 Å². The molecule has 1 aromatic heterocycles. The van der Waals surface area contributed by atoms with Crippen molar-refractivity contribution >= 4 is 43.2 Å². The topological polar surface area (TPSA) is 79.4 Å². The van der Waals surface area contributed by atoms with E-state index >= 15 is 0 Å².